The van der Waals surface area contributed by atoms with Crippen molar-refractivity contribution < 1.29 is 18.0 Å². The Morgan fingerprint density at radius 2 is 1.97 bits per heavy atom. The number of hydrogen-bond donors (Lipinski definition) is 2. The highest BCUT2D eigenvalue weighted by atomic mass is 19.4. The summed E-state index contributed by atoms with van der Waals surface area (Å²) in [5, 5.41) is 8.49. The second-order valence-electron chi connectivity index (χ2n) is 6.64. The number of halogens is 3. The predicted molar refractivity (Wildman–Crippen MR) is 111 cm³/mol. The molecule has 0 spiro atoms. The number of carbonyl (C=O) groups excluding carboxylic acids is 1. The number of para-hydroxylation sites is 1. The van der Waals surface area contributed by atoms with E-state index in [9.17, 15) is 18.0 Å². The first-order valence-electron chi connectivity index (χ1n) is 9.65. The number of alkyl halides is 3. The van der Waals surface area contributed by atoms with Crippen LogP contribution in [0.2, 0.25) is 0 Å². The molecule has 10 heteroatoms. The van der Waals surface area contributed by atoms with Gasteiger partial charge in [-0.05, 0) is 31.4 Å². The summed E-state index contributed by atoms with van der Waals surface area (Å²) in [6.07, 6.45) is -4.62. The monoisotopic (exact) mass is 424 g/mol. The lowest BCUT2D eigenvalue weighted by atomic mass is 10.1. The van der Waals surface area contributed by atoms with Crippen LogP contribution in [0.15, 0.2) is 29.3 Å². The Balaban J connectivity index is 2.34. The van der Waals surface area contributed by atoms with Gasteiger partial charge in [0.25, 0.3) is 5.91 Å². The Morgan fingerprint density at radius 1 is 1.27 bits per heavy atom. The van der Waals surface area contributed by atoms with Gasteiger partial charge in [-0.25, -0.2) is 0 Å². The third-order valence-electron chi connectivity index (χ3n) is 4.87. The minimum Gasteiger partial charge on any atom is -0.386 e. The first-order chi connectivity index (χ1) is 14.2. The summed E-state index contributed by atoms with van der Waals surface area (Å²) < 4.78 is 38.7. The summed E-state index contributed by atoms with van der Waals surface area (Å²) >= 11 is 0. The average Bonchev–Trinajstić information content (AvgIpc) is 3.23. The van der Waals surface area contributed by atoms with E-state index in [4.69, 9.17) is 0 Å². The third-order valence-corrected chi connectivity index (χ3v) is 4.87. The van der Waals surface area contributed by atoms with Gasteiger partial charge in [0.2, 0.25) is 0 Å². The van der Waals surface area contributed by atoms with Crippen LogP contribution >= 0.6 is 0 Å². The lowest BCUT2D eigenvalue weighted by Crippen LogP contribution is -2.38. The highest BCUT2D eigenvalue weighted by Crippen LogP contribution is 2.31. The fourth-order valence-corrected chi connectivity index (χ4v) is 3.11. The summed E-state index contributed by atoms with van der Waals surface area (Å²) in [5.41, 5.74) is 0.751. The smallest absolute Gasteiger partial charge is 0.386 e. The second-order valence-corrected chi connectivity index (χ2v) is 6.64. The molecule has 1 aromatic heterocycles. The molecule has 0 aliphatic carbocycles. The molecular weight excluding hydrogens is 397 g/mol. The lowest BCUT2D eigenvalue weighted by molar-refractivity contribution is -0.141. The van der Waals surface area contributed by atoms with Gasteiger partial charge in [0.15, 0.2) is 5.69 Å². The van der Waals surface area contributed by atoms with Crippen LogP contribution in [-0.4, -0.2) is 65.8 Å². The molecule has 0 fully saturated rings. The molecule has 164 valence electrons. The molecule has 0 bridgehead atoms. The molecule has 1 heterocycles. The number of amides is 1. The Morgan fingerprint density at radius 3 is 2.50 bits per heavy atom. The van der Waals surface area contributed by atoms with Crippen LogP contribution in [0.4, 0.5) is 24.5 Å². The van der Waals surface area contributed by atoms with Crippen LogP contribution in [0, 0.1) is 0 Å². The lowest BCUT2D eigenvalue weighted by Gasteiger charge is -2.27. The van der Waals surface area contributed by atoms with Gasteiger partial charge in [0.05, 0.1) is 11.4 Å². The van der Waals surface area contributed by atoms with Crippen molar-refractivity contribution in [2.24, 2.45) is 4.99 Å². The summed E-state index contributed by atoms with van der Waals surface area (Å²) in [4.78, 5) is 20.7. The number of hydrogen-bond acceptors (Lipinski definition) is 5. The third kappa shape index (κ3) is 5.59. The van der Waals surface area contributed by atoms with E-state index in [1.54, 1.807) is 7.05 Å². The number of aliphatic imine (C=N–C) groups is 1. The Hall–Kier alpha value is -2.88. The molecule has 30 heavy (non-hydrogen) atoms. The molecule has 0 saturated heterocycles. The van der Waals surface area contributed by atoms with E-state index < -0.39 is 17.8 Å². The topological polar surface area (TPSA) is 76.6 Å². The van der Waals surface area contributed by atoms with Crippen molar-refractivity contribution in [3.8, 4) is 0 Å². The minimum atomic E-state index is -4.62. The highest BCUT2D eigenvalue weighted by molar-refractivity contribution is 5.92. The SMILES string of the molecule is C=Nc1c(CN(CCN(CC)CC)C(=O)c2cc(C(F)(F)F)n[nH]2)cccc1NC. The molecule has 0 radical (unpaired) electrons. The molecular formula is C20H27F3N6O. The van der Waals surface area contributed by atoms with Crippen LogP contribution in [0.5, 0.6) is 0 Å². The number of anilines is 1. The minimum absolute atomic E-state index is 0.171. The number of aromatic nitrogens is 2. The summed E-state index contributed by atoms with van der Waals surface area (Å²) in [6.45, 7) is 10.3. The molecule has 7 nitrogen and oxygen atoms in total. The molecule has 1 aromatic carbocycles. The van der Waals surface area contributed by atoms with Gasteiger partial charge >= 0.3 is 6.18 Å². The van der Waals surface area contributed by atoms with Crippen molar-refractivity contribution in [1.82, 2.24) is 20.0 Å². The maximum absolute atomic E-state index is 13.0. The van der Waals surface area contributed by atoms with Gasteiger partial charge in [-0.15, -0.1) is 0 Å². The number of rotatable bonds is 10. The molecule has 2 N–H and O–H groups in total. The summed E-state index contributed by atoms with van der Waals surface area (Å²) in [6, 6.07) is 6.21. The maximum Gasteiger partial charge on any atom is 0.435 e. The van der Waals surface area contributed by atoms with Gasteiger partial charge in [-0.1, -0.05) is 26.0 Å². The largest absolute Gasteiger partial charge is 0.435 e. The maximum atomic E-state index is 13.0. The Labute approximate surface area is 174 Å². The first-order valence-corrected chi connectivity index (χ1v) is 9.65. The predicted octanol–water partition coefficient (Wildman–Crippen LogP) is 3.79. The van der Waals surface area contributed by atoms with Crippen molar-refractivity contribution in [1.29, 1.82) is 0 Å². The van der Waals surface area contributed by atoms with Crippen molar-refractivity contribution in [2.45, 2.75) is 26.6 Å². The zero-order valence-corrected chi connectivity index (χ0v) is 17.4. The molecule has 0 unspecified atom stereocenters. The molecule has 0 aliphatic heterocycles. The van der Waals surface area contributed by atoms with E-state index in [1.807, 2.05) is 32.0 Å². The fraction of sp³-hybridized carbons (Fsp3) is 0.450. The number of carbonyl (C=O) groups is 1. The van der Waals surface area contributed by atoms with E-state index in [2.05, 4.69) is 32.1 Å². The molecule has 2 rings (SSSR count). The van der Waals surface area contributed by atoms with Crippen LogP contribution in [0.1, 0.15) is 35.6 Å². The van der Waals surface area contributed by atoms with Crippen molar-refractivity contribution in [2.75, 3.05) is 38.5 Å². The van der Waals surface area contributed by atoms with Crippen LogP contribution in [-0.2, 0) is 12.7 Å². The van der Waals surface area contributed by atoms with Gasteiger partial charge in [-0.2, -0.15) is 18.3 Å². The first kappa shape index (κ1) is 23.4. The highest BCUT2D eigenvalue weighted by Gasteiger charge is 2.35. The molecule has 0 aliphatic rings. The number of benzene rings is 1. The van der Waals surface area contributed by atoms with E-state index in [0.717, 1.165) is 30.4 Å². The summed E-state index contributed by atoms with van der Waals surface area (Å²) in [7, 11) is 1.75. The van der Waals surface area contributed by atoms with Crippen LogP contribution in [0.25, 0.3) is 0 Å². The quantitative estimate of drug-likeness (QED) is 0.569. The number of likely N-dealkylation sites (N-methyl/N-ethyl adjacent to an activating group) is 1. The van der Waals surface area contributed by atoms with Crippen molar-refractivity contribution in [3.05, 3.63) is 41.2 Å². The van der Waals surface area contributed by atoms with E-state index >= 15 is 0 Å². The number of H-pyrrole nitrogens is 1. The normalized spacial score (nSPS) is 11.6. The van der Waals surface area contributed by atoms with E-state index in [-0.39, 0.29) is 12.2 Å². The fourth-order valence-electron chi connectivity index (χ4n) is 3.11. The molecule has 1 amide bonds. The van der Waals surface area contributed by atoms with E-state index in [0.29, 0.717) is 18.8 Å². The molecule has 0 saturated carbocycles. The van der Waals surface area contributed by atoms with E-state index in [1.165, 1.54) is 4.90 Å². The van der Waals surface area contributed by atoms with Gasteiger partial charge in [-0.3, -0.25) is 14.9 Å². The van der Waals surface area contributed by atoms with Crippen LogP contribution < -0.4 is 5.32 Å². The number of nitrogens with one attached hydrogen (secondary N) is 2. The van der Waals surface area contributed by atoms with Gasteiger partial charge < -0.3 is 15.1 Å². The molecule has 0 atom stereocenters. The number of nitrogens with zero attached hydrogens (tertiary/aromatic N) is 4. The van der Waals surface area contributed by atoms with Crippen molar-refractivity contribution in [3.63, 3.8) is 0 Å². The zero-order chi connectivity index (χ0) is 22.3. The molecule has 2 aromatic rings. The second kappa shape index (κ2) is 10.2. The van der Waals surface area contributed by atoms with Gasteiger partial charge in [0, 0.05) is 32.7 Å². The van der Waals surface area contributed by atoms with Gasteiger partial charge in [0.1, 0.15) is 5.69 Å². The zero-order valence-electron chi connectivity index (χ0n) is 17.4. The standard InChI is InChI=1S/C20H27F3N6O/c1-5-28(6-2)10-11-29(13-14-8-7-9-15(24-3)18(14)25-4)19(30)16-12-17(27-26-16)20(21,22)23/h7-9,12,24H,4-6,10-11,13H2,1-3H3,(H,26,27). The van der Waals surface area contributed by atoms with Crippen LogP contribution in [0.3, 0.4) is 0 Å². The average molecular weight is 424 g/mol. The Kier molecular flexibility index (Phi) is 7.99. The Bertz CT molecular complexity index is 860. The number of aromatic amines is 1. The summed E-state index contributed by atoms with van der Waals surface area (Å²) in [5.74, 6) is -0.560. The van der Waals surface area contributed by atoms with Crippen molar-refractivity contribution >= 4 is 24.0 Å².